The molecule has 0 aliphatic rings. The average molecular weight is 327 g/mol. The molecule has 5 nitrogen and oxygen atoms in total. The van der Waals surface area contributed by atoms with Crippen molar-refractivity contribution in [1.29, 1.82) is 0 Å². The summed E-state index contributed by atoms with van der Waals surface area (Å²) in [6.07, 6.45) is 0. The molecule has 2 aromatic carbocycles. The normalized spacial score (nSPS) is 11.0. The third kappa shape index (κ3) is 4.01. The molecule has 0 aromatic heterocycles. The molecule has 0 aliphatic heterocycles. The Labute approximate surface area is 125 Å². The first kappa shape index (κ1) is 15.9. The molecule has 2 rings (SSSR count). The second-order valence-electron chi connectivity index (χ2n) is 4.35. The standard InChI is InChI=1S/C14H11F2NO4S/c1-9(18)17-12-2-4-13(5-3-12)21-22(19,20)14-7-10(15)6-11(16)8-14/h2-8H,1H3,(H,17,18). The first-order valence-electron chi connectivity index (χ1n) is 6.04. The summed E-state index contributed by atoms with van der Waals surface area (Å²) in [4.78, 5) is 10.2. The fourth-order valence-electron chi connectivity index (χ4n) is 1.64. The van der Waals surface area contributed by atoms with Crippen molar-refractivity contribution in [2.45, 2.75) is 11.8 Å². The van der Waals surface area contributed by atoms with Gasteiger partial charge in [-0.05, 0) is 36.4 Å². The number of rotatable bonds is 4. The van der Waals surface area contributed by atoms with Gasteiger partial charge in [-0.25, -0.2) is 8.78 Å². The van der Waals surface area contributed by atoms with E-state index in [1.807, 2.05) is 0 Å². The molecular formula is C14H11F2NO4S. The van der Waals surface area contributed by atoms with E-state index >= 15 is 0 Å². The molecule has 8 heteroatoms. The van der Waals surface area contributed by atoms with E-state index in [4.69, 9.17) is 4.18 Å². The molecule has 116 valence electrons. The maximum atomic E-state index is 13.1. The van der Waals surface area contributed by atoms with Crippen molar-refractivity contribution in [2.75, 3.05) is 5.32 Å². The SMILES string of the molecule is CC(=O)Nc1ccc(OS(=O)(=O)c2cc(F)cc(F)c2)cc1. The number of carbonyl (C=O) groups excluding carboxylic acids is 1. The van der Waals surface area contributed by atoms with E-state index in [0.717, 1.165) is 0 Å². The highest BCUT2D eigenvalue weighted by molar-refractivity contribution is 7.87. The topological polar surface area (TPSA) is 72.5 Å². The van der Waals surface area contributed by atoms with Gasteiger partial charge in [-0.1, -0.05) is 0 Å². The van der Waals surface area contributed by atoms with E-state index in [2.05, 4.69) is 5.32 Å². The van der Waals surface area contributed by atoms with Crippen molar-refractivity contribution >= 4 is 21.7 Å². The minimum absolute atomic E-state index is 0.0567. The second kappa shape index (κ2) is 6.10. The Morgan fingerprint density at radius 1 is 1.05 bits per heavy atom. The van der Waals surface area contributed by atoms with E-state index in [0.29, 0.717) is 23.9 Å². The number of amides is 1. The van der Waals surface area contributed by atoms with Crippen molar-refractivity contribution in [3.63, 3.8) is 0 Å². The Morgan fingerprint density at radius 2 is 1.59 bits per heavy atom. The van der Waals surface area contributed by atoms with Gasteiger partial charge in [-0.3, -0.25) is 4.79 Å². The van der Waals surface area contributed by atoms with Crippen LogP contribution in [0.15, 0.2) is 47.4 Å². The minimum atomic E-state index is -4.36. The van der Waals surface area contributed by atoms with Gasteiger partial charge >= 0.3 is 10.1 Å². The zero-order chi connectivity index (χ0) is 16.3. The van der Waals surface area contributed by atoms with Crippen LogP contribution in [0.2, 0.25) is 0 Å². The molecular weight excluding hydrogens is 316 g/mol. The molecule has 0 heterocycles. The number of hydrogen-bond acceptors (Lipinski definition) is 4. The summed E-state index contributed by atoms with van der Waals surface area (Å²) >= 11 is 0. The van der Waals surface area contributed by atoms with E-state index in [1.54, 1.807) is 0 Å². The van der Waals surface area contributed by atoms with Crippen molar-refractivity contribution in [2.24, 2.45) is 0 Å². The number of hydrogen-bond donors (Lipinski definition) is 1. The molecule has 0 radical (unpaired) electrons. The lowest BCUT2D eigenvalue weighted by molar-refractivity contribution is -0.114. The fraction of sp³-hybridized carbons (Fsp3) is 0.0714. The number of anilines is 1. The maximum Gasteiger partial charge on any atom is 0.339 e. The Bertz CT molecular complexity index is 784. The van der Waals surface area contributed by atoms with Gasteiger partial charge in [-0.2, -0.15) is 8.42 Å². The van der Waals surface area contributed by atoms with Gasteiger partial charge in [0.2, 0.25) is 5.91 Å². The summed E-state index contributed by atoms with van der Waals surface area (Å²) in [5, 5.41) is 2.50. The summed E-state index contributed by atoms with van der Waals surface area (Å²) in [5.74, 6) is -2.39. The average Bonchev–Trinajstić information content (AvgIpc) is 2.39. The molecule has 22 heavy (non-hydrogen) atoms. The van der Waals surface area contributed by atoms with Gasteiger partial charge in [0.05, 0.1) is 0 Å². The van der Waals surface area contributed by atoms with E-state index < -0.39 is 26.6 Å². The molecule has 0 saturated carbocycles. The van der Waals surface area contributed by atoms with Gasteiger partial charge in [0.25, 0.3) is 0 Å². The highest BCUT2D eigenvalue weighted by Crippen LogP contribution is 2.22. The molecule has 0 aliphatic carbocycles. The van der Waals surface area contributed by atoms with Crippen molar-refractivity contribution < 1.29 is 26.2 Å². The first-order chi connectivity index (χ1) is 10.3. The van der Waals surface area contributed by atoms with Gasteiger partial charge in [0, 0.05) is 18.7 Å². The van der Waals surface area contributed by atoms with Gasteiger partial charge in [0.1, 0.15) is 22.3 Å². The van der Waals surface area contributed by atoms with Crippen molar-refractivity contribution in [3.05, 3.63) is 54.1 Å². The van der Waals surface area contributed by atoms with Crippen LogP contribution >= 0.6 is 0 Å². The molecule has 1 amide bonds. The zero-order valence-electron chi connectivity index (χ0n) is 11.3. The van der Waals surface area contributed by atoms with Crippen LogP contribution in [0.3, 0.4) is 0 Å². The number of nitrogens with one attached hydrogen (secondary N) is 1. The largest absolute Gasteiger partial charge is 0.379 e. The Balaban J connectivity index is 2.23. The predicted octanol–water partition coefficient (Wildman–Crippen LogP) is 2.69. The molecule has 0 saturated heterocycles. The summed E-state index contributed by atoms with van der Waals surface area (Å²) in [6, 6.07) is 7.34. The number of benzene rings is 2. The minimum Gasteiger partial charge on any atom is -0.379 e. The molecule has 0 atom stereocenters. The van der Waals surface area contributed by atoms with Crippen LogP contribution in [0.25, 0.3) is 0 Å². The van der Waals surface area contributed by atoms with Crippen LogP contribution in [-0.2, 0) is 14.9 Å². The molecule has 0 bridgehead atoms. The highest BCUT2D eigenvalue weighted by atomic mass is 32.2. The number of halogens is 2. The molecule has 0 fully saturated rings. The molecule has 1 N–H and O–H groups in total. The fourth-order valence-corrected chi connectivity index (χ4v) is 2.62. The molecule has 2 aromatic rings. The lowest BCUT2D eigenvalue weighted by Gasteiger charge is -2.08. The summed E-state index contributed by atoms with van der Waals surface area (Å²) < 4.78 is 54.8. The third-order valence-electron chi connectivity index (χ3n) is 2.51. The zero-order valence-corrected chi connectivity index (χ0v) is 12.2. The van der Waals surface area contributed by atoms with Crippen LogP contribution in [0.5, 0.6) is 5.75 Å². The van der Waals surface area contributed by atoms with Gasteiger partial charge < -0.3 is 9.50 Å². The summed E-state index contributed by atoms with van der Waals surface area (Å²) in [5.41, 5.74) is 0.453. The van der Waals surface area contributed by atoms with E-state index in [9.17, 15) is 22.0 Å². The maximum absolute atomic E-state index is 13.1. The Hall–Kier alpha value is -2.48. The second-order valence-corrected chi connectivity index (χ2v) is 5.89. The van der Waals surface area contributed by atoms with Crippen LogP contribution in [-0.4, -0.2) is 14.3 Å². The van der Waals surface area contributed by atoms with Gasteiger partial charge in [0.15, 0.2) is 0 Å². The van der Waals surface area contributed by atoms with Crippen LogP contribution in [0.1, 0.15) is 6.92 Å². The van der Waals surface area contributed by atoms with E-state index in [1.165, 1.54) is 31.2 Å². The lowest BCUT2D eigenvalue weighted by atomic mass is 10.3. The van der Waals surface area contributed by atoms with Crippen molar-refractivity contribution in [3.8, 4) is 5.75 Å². The van der Waals surface area contributed by atoms with Crippen LogP contribution in [0, 0.1) is 11.6 Å². The lowest BCUT2D eigenvalue weighted by Crippen LogP contribution is -2.11. The van der Waals surface area contributed by atoms with Crippen molar-refractivity contribution in [1.82, 2.24) is 0 Å². The highest BCUT2D eigenvalue weighted by Gasteiger charge is 2.19. The van der Waals surface area contributed by atoms with Crippen LogP contribution in [0.4, 0.5) is 14.5 Å². The first-order valence-corrected chi connectivity index (χ1v) is 7.45. The Kier molecular flexibility index (Phi) is 4.41. The Morgan fingerprint density at radius 3 is 2.09 bits per heavy atom. The predicted molar refractivity (Wildman–Crippen MR) is 74.9 cm³/mol. The number of carbonyl (C=O) groups is 1. The van der Waals surface area contributed by atoms with E-state index in [-0.39, 0.29) is 11.7 Å². The smallest absolute Gasteiger partial charge is 0.339 e. The monoisotopic (exact) mass is 327 g/mol. The summed E-state index contributed by atoms with van der Waals surface area (Å²) in [6.45, 7) is 1.33. The van der Waals surface area contributed by atoms with Crippen LogP contribution < -0.4 is 9.50 Å². The molecule has 0 unspecified atom stereocenters. The third-order valence-corrected chi connectivity index (χ3v) is 3.73. The summed E-state index contributed by atoms with van der Waals surface area (Å²) in [7, 11) is -4.36. The quantitative estimate of drug-likeness (QED) is 0.876. The molecule has 0 spiro atoms. The van der Waals surface area contributed by atoms with Gasteiger partial charge in [-0.15, -0.1) is 0 Å².